The fourth-order valence-corrected chi connectivity index (χ4v) is 2.91. The summed E-state index contributed by atoms with van der Waals surface area (Å²) in [5.74, 6) is 1.04. The highest BCUT2D eigenvalue weighted by Gasteiger charge is 2.28. The van der Waals surface area contributed by atoms with Crippen molar-refractivity contribution in [3.8, 4) is 0 Å². The Morgan fingerprint density at radius 3 is 2.90 bits per heavy atom. The second-order valence-electron chi connectivity index (χ2n) is 5.89. The van der Waals surface area contributed by atoms with Gasteiger partial charge in [-0.25, -0.2) is 9.67 Å². The molecule has 2 heterocycles. The number of ether oxygens (including phenoxy) is 1. The minimum atomic E-state index is 0.218. The molecule has 21 heavy (non-hydrogen) atoms. The molecule has 1 fully saturated rings. The van der Waals surface area contributed by atoms with Gasteiger partial charge in [-0.15, -0.1) is 0 Å². The van der Waals surface area contributed by atoms with E-state index in [1.165, 1.54) is 0 Å². The SMILES string of the molecule is CCNC(Cc1ncnn1C(C)C)C1CN(CC)CCO1. The Labute approximate surface area is 127 Å². The standard InChI is InChI=1S/C15H29N5O/c1-5-16-13(14-10-19(6-2)7-8-21-14)9-15-17-11-18-20(15)12(3)4/h11-14,16H,5-10H2,1-4H3. The summed E-state index contributed by atoms with van der Waals surface area (Å²) >= 11 is 0. The molecule has 1 N–H and O–H groups in total. The van der Waals surface area contributed by atoms with Crippen molar-refractivity contribution in [2.45, 2.75) is 52.3 Å². The topological polar surface area (TPSA) is 55.2 Å². The van der Waals surface area contributed by atoms with Crippen molar-refractivity contribution in [2.24, 2.45) is 0 Å². The van der Waals surface area contributed by atoms with Crippen molar-refractivity contribution in [1.29, 1.82) is 0 Å². The lowest BCUT2D eigenvalue weighted by Crippen LogP contribution is -2.53. The highest BCUT2D eigenvalue weighted by Crippen LogP contribution is 2.14. The van der Waals surface area contributed by atoms with E-state index in [2.05, 4.69) is 48.0 Å². The van der Waals surface area contributed by atoms with Crippen molar-refractivity contribution in [3.63, 3.8) is 0 Å². The molecular weight excluding hydrogens is 266 g/mol. The first-order valence-corrected chi connectivity index (χ1v) is 8.11. The van der Waals surface area contributed by atoms with Gasteiger partial charge in [0.25, 0.3) is 0 Å². The normalized spacial score (nSPS) is 21.9. The molecule has 2 atom stereocenters. The second-order valence-corrected chi connectivity index (χ2v) is 5.89. The molecule has 2 unspecified atom stereocenters. The average Bonchev–Trinajstić information content (AvgIpc) is 2.95. The molecule has 6 heteroatoms. The highest BCUT2D eigenvalue weighted by atomic mass is 16.5. The lowest BCUT2D eigenvalue weighted by atomic mass is 10.0. The van der Waals surface area contributed by atoms with E-state index in [9.17, 15) is 0 Å². The molecule has 0 bridgehead atoms. The minimum Gasteiger partial charge on any atom is -0.374 e. The third kappa shape index (κ3) is 4.25. The molecule has 1 aliphatic heterocycles. The minimum absolute atomic E-state index is 0.218. The summed E-state index contributed by atoms with van der Waals surface area (Å²) in [5, 5.41) is 7.90. The molecule has 0 amide bonds. The number of likely N-dealkylation sites (N-methyl/N-ethyl adjacent to an activating group) is 2. The van der Waals surface area contributed by atoms with Crippen LogP contribution < -0.4 is 5.32 Å². The van der Waals surface area contributed by atoms with Crippen LogP contribution >= 0.6 is 0 Å². The van der Waals surface area contributed by atoms with Gasteiger partial charge >= 0.3 is 0 Å². The van der Waals surface area contributed by atoms with Crippen LogP contribution in [-0.2, 0) is 11.2 Å². The van der Waals surface area contributed by atoms with Gasteiger partial charge in [0, 0.05) is 31.6 Å². The molecule has 6 nitrogen and oxygen atoms in total. The maximum atomic E-state index is 6.01. The number of nitrogens with zero attached hydrogens (tertiary/aromatic N) is 4. The summed E-state index contributed by atoms with van der Waals surface area (Å²) in [4.78, 5) is 6.89. The molecule has 0 radical (unpaired) electrons. The summed E-state index contributed by atoms with van der Waals surface area (Å²) < 4.78 is 8.02. The molecule has 0 saturated carbocycles. The van der Waals surface area contributed by atoms with Gasteiger partial charge in [0.15, 0.2) is 0 Å². The monoisotopic (exact) mass is 295 g/mol. The number of hydrogen-bond acceptors (Lipinski definition) is 5. The summed E-state index contributed by atoms with van der Waals surface area (Å²) in [6, 6.07) is 0.621. The molecular formula is C15H29N5O. The molecule has 120 valence electrons. The average molecular weight is 295 g/mol. The third-order valence-corrected chi connectivity index (χ3v) is 4.08. The maximum Gasteiger partial charge on any atom is 0.138 e. The zero-order valence-electron chi connectivity index (χ0n) is 13.7. The summed E-state index contributed by atoms with van der Waals surface area (Å²) in [6.45, 7) is 13.5. The number of aromatic nitrogens is 3. The molecule has 0 spiro atoms. The van der Waals surface area contributed by atoms with Gasteiger partial charge < -0.3 is 10.1 Å². The lowest BCUT2D eigenvalue weighted by molar-refractivity contribution is -0.0449. The van der Waals surface area contributed by atoms with Crippen molar-refractivity contribution < 1.29 is 4.74 Å². The van der Waals surface area contributed by atoms with Crippen LogP contribution in [0.2, 0.25) is 0 Å². The molecule has 1 aromatic heterocycles. The molecule has 0 aliphatic carbocycles. The van der Waals surface area contributed by atoms with Gasteiger partial charge in [-0.3, -0.25) is 4.90 Å². The van der Waals surface area contributed by atoms with Crippen molar-refractivity contribution in [3.05, 3.63) is 12.2 Å². The fraction of sp³-hybridized carbons (Fsp3) is 0.867. The van der Waals surface area contributed by atoms with Crippen LogP contribution in [0.4, 0.5) is 0 Å². The van der Waals surface area contributed by atoms with E-state index in [-0.39, 0.29) is 12.1 Å². The van der Waals surface area contributed by atoms with Crippen LogP contribution in [-0.4, -0.2) is 64.6 Å². The second kappa shape index (κ2) is 7.87. The zero-order chi connectivity index (χ0) is 15.2. The zero-order valence-corrected chi connectivity index (χ0v) is 13.7. The van der Waals surface area contributed by atoms with Crippen LogP contribution in [0.5, 0.6) is 0 Å². The first-order chi connectivity index (χ1) is 10.2. The van der Waals surface area contributed by atoms with Crippen LogP contribution in [0.15, 0.2) is 6.33 Å². The predicted octanol–water partition coefficient (Wildman–Crippen LogP) is 1.10. The van der Waals surface area contributed by atoms with Gasteiger partial charge in [-0.05, 0) is 26.9 Å². The molecule has 1 aliphatic rings. The van der Waals surface area contributed by atoms with Crippen molar-refractivity contribution in [2.75, 3.05) is 32.8 Å². The number of hydrogen-bond donors (Lipinski definition) is 1. The Morgan fingerprint density at radius 2 is 2.24 bits per heavy atom. The Morgan fingerprint density at radius 1 is 1.43 bits per heavy atom. The molecule has 0 aromatic carbocycles. The van der Waals surface area contributed by atoms with Crippen LogP contribution in [0.1, 0.15) is 39.6 Å². The Balaban J connectivity index is 2.06. The van der Waals surface area contributed by atoms with Gasteiger partial charge in [0.2, 0.25) is 0 Å². The van der Waals surface area contributed by atoms with Crippen LogP contribution in [0.25, 0.3) is 0 Å². The van der Waals surface area contributed by atoms with Gasteiger partial charge in [-0.2, -0.15) is 5.10 Å². The van der Waals surface area contributed by atoms with Crippen molar-refractivity contribution >= 4 is 0 Å². The number of morpholine rings is 1. The van der Waals surface area contributed by atoms with E-state index in [1.807, 2.05) is 4.68 Å². The van der Waals surface area contributed by atoms with E-state index in [0.717, 1.165) is 45.0 Å². The largest absolute Gasteiger partial charge is 0.374 e. The van der Waals surface area contributed by atoms with Crippen LogP contribution in [0.3, 0.4) is 0 Å². The van der Waals surface area contributed by atoms with Gasteiger partial charge in [0.05, 0.1) is 12.7 Å². The highest BCUT2D eigenvalue weighted by molar-refractivity contribution is 4.95. The smallest absolute Gasteiger partial charge is 0.138 e. The first kappa shape index (κ1) is 16.4. The van der Waals surface area contributed by atoms with Crippen LogP contribution in [0, 0.1) is 0 Å². The Hall–Kier alpha value is -0.980. The lowest BCUT2D eigenvalue weighted by Gasteiger charge is -2.36. The predicted molar refractivity (Wildman–Crippen MR) is 83.4 cm³/mol. The Kier molecular flexibility index (Phi) is 6.14. The molecule has 1 saturated heterocycles. The van der Waals surface area contributed by atoms with E-state index >= 15 is 0 Å². The van der Waals surface area contributed by atoms with E-state index in [0.29, 0.717) is 6.04 Å². The number of nitrogens with one attached hydrogen (secondary N) is 1. The molecule has 1 aromatic rings. The number of rotatable bonds is 7. The van der Waals surface area contributed by atoms with Crippen molar-refractivity contribution in [1.82, 2.24) is 25.0 Å². The molecule has 2 rings (SSSR count). The maximum absolute atomic E-state index is 6.01. The van der Waals surface area contributed by atoms with E-state index in [1.54, 1.807) is 6.33 Å². The van der Waals surface area contributed by atoms with E-state index in [4.69, 9.17) is 4.74 Å². The quantitative estimate of drug-likeness (QED) is 0.816. The first-order valence-electron chi connectivity index (χ1n) is 8.11. The van der Waals surface area contributed by atoms with Gasteiger partial charge in [-0.1, -0.05) is 13.8 Å². The summed E-state index contributed by atoms with van der Waals surface area (Å²) in [6.07, 6.45) is 2.73. The fourth-order valence-electron chi connectivity index (χ4n) is 2.91. The van der Waals surface area contributed by atoms with Gasteiger partial charge in [0.1, 0.15) is 12.2 Å². The summed E-state index contributed by atoms with van der Waals surface area (Å²) in [5.41, 5.74) is 0. The third-order valence-electron chi connectivity index (χ3n) is 4.08. The summed E-state index contributed by atoms with van der Waals surface area (Å²) in [7, 11) is 0. The van der Waals surface area contributed by atoms with E-state index < -0.39 is 0 Å². The Bertz CT molecular complexity index is 420.